The summed E-state index contributed by atoms with van der Waals surface area (Å²) in [6.07, 6.45) is 8.10. The minimum absolute atomic E-state index is 0.926. The number of hydrogen-bond acceptors (Lipinski definition) is 1. The van der Waals surface area contributed by atoms with E-state index in [0.29, 0.717) is 0 Å². The summed E-state index contributed by atoms with van der Waals surface area (Å²) in [5, 5.41) is 0. The molecule has 1 aromatic carbocycles. The van der Waals surface area contributed by atoms with Gasteiger partial charge in [-0.1, -0.05) is 43.0 Å². The number of aryl methyl sites for hydroxylation is 1. The van der Waals surface area contributed by atoms with E-state index in [1.807, 2.05) is 6.08 Å². The maximum absolute atomic E-state index is 5.31. The molecule has 0 aromatic heterocycles. The average molecular weight is 252 g/mol. The molecule has 0 aliphatic heterocycles. The van der Waals surface area contributed by atoms with E-state index in [0.717, 1.165) is 35.3 Å². The summed E-state index contributed by atoms with van der Waals surface area (Å²) in [6.45, 7) is 10.2. The Hall–Kier alpha value is -2.02. The second-order valence-corrected chi connectivity index (χ2v) is 4.79. The van der Waals surface area contributed by atoms with Gasteiger partial charge >= 0.3 is 0 Å². The highest BCUT2D eigenvalue weighted by Crippen LogP contribution is 2.32. The quantitative estimate of drug-likeness (QED) is 0.740. The van der Waals surface area contributed by atoms with Crippen LogP contribution in [0.1, 0.15) is 29.5 Å². The van der Waals surface area contributed by atoms with E-state index in [1.54, 1.807) is 7.11 Å². The lowest BCUT2D eigenvalue weighted by Gasteiger charge is -2.17. The van der Waals surface area contributed by atoms with Crippen LogP contribution in [0.5, 0.6) is 0 Å². The van der Waals surface area contributed by atoms with E-state index in [9.17, 15) is 0 Å². The molecule has 1 nitrogen and oxygen atoms in total. The first-order valence-corrected chi connectivity index (χ1v) is 6.53. The van der Waals surface area contributed by atoms with Crippen molar-refractivity contribution in [2.24, 2.45) is 0 Å². The van der Waals surface area contributed by atoms with Crippen molar-refractivity contribution in [3.05, 3.63) is 71.5 Å². The molecule has 98 valence electrons. The number of ether oxygens (including phenoxy) is 1. The Morgan fingerprint density at radius 1 is 1.37 bits per heavy atom. The van der Waals surface area contributed by atoms with E-state index in [1.165, 1.54) is 11.1 Å². The molecule has 1 heteroatoms. The van der Waals surface area contributed by atoms with Gasteiger partial charge in [-0.15, -0.1) is 0 Å². The zero-order chi connectivity index (χ0) is 13.8. The first-order valence-electron chi connectivity index (χ1n) is 6.53. The summed E-state index contributed by atoms with van der Waals surface area (Å²) in [6, 6.07) is 6.38. The molecule has 0 bridgehead atoms. The van der Waals surface area contributed by atoms with Gasteiger partial charge < -0.3 is 4.74 Å². The molecule has 0 saturated carbocycles. The Labute approximate surface area is 115 Å². The highest BCUT2D eigenvalue weighted by Gasteiger charge is 2.12. The standard InChI is InChI=1S/C18H20O/c1-5-15-11-13(2)9-10-18(15)14(3)16-7-6-8-17(12-16)19-4/h5,8-12H,1,3,6-7H2,2,4H3. The smallest absolute Gasteiger partial charge is 0.115 e. The molecule has 0 atom stereocenters. The summed E-state index contributed by atoms with van der Waals surface area (Å²) in [5.41, 5.74) is 5.84. The van der Waals surface area contributed by atoms with Crippen molar-refractivity contribution in [2.45, 2.75) is 19.8 Å². The summed E-state index contributed by atoms with van der Waals surface area (Å²) >= 11 is 0. The van der Waals surface area contributed by atoms with Crippen LogP contribution < -0.4 is 0 Å². The number of methoxy groups -OCH3 is 1. The first-order chi connectivity index (χ1) is 9.15. The maximum Gasteiger partial charge on any atom is 0.115 e. The predicted octanol–water partition coefficient (Wildman–Crippen LogP) is 4.90. The van der Waals surface area contributed by atoms with Gasteiger partial charge in [0, 0.05) is 0 Å². The van der Waals surface area contributed by atoms with Crippen LogP contribution >= 0.6 is 0 Å². The van der Waals surface area contributed by atoms with Gasteiger partial charge in [0.2, 0.25) is 0 Å². The minimum atomic E-state index is 0.926. The van der Waals surface area contributed by atoms with E-state index >= 15 is 0 Å². The van der Waals surface area contributed by atoms with Crippen molar-refractivity contribution < 1.29 is 4.74 Å². The third kappa shape index (κ3) is 2.87. The molecule has 1 aromatic rings. The molecular formula is C18H20O. The average Bonchev–Trinajstić information content (AvgIpc) is 2.46. The second-order valence-electron chi connectivity index (χ2n) is 4.79. The Morgan fingerprint density at radius 2 is 2.16 bits per heavy atom. The fraction of sp³-hybridized carbons (Fsp3) is 0.222. The number of benzene rings is 1. The molecule has 19 heavy (non-hydrogen) atoms. The van der Waals surface area contributed by atoms with Gasteiger partial charge in [-0.05, 0) is 54.2 Å². The number of rotatable bonds is 4. The second kappa shape index (κ2) is 5.75. The van der Waals surface area contributed by atoms with Gasteiger partial charge in [0.25, 0.3) is 0 Å². The van der Waals surface area contributed by atoms with Crippen molar-refractivity contribution in [2.75, 3.05) is 7.11 Å². The van der Waals surface area contributed by atoms with Crippen LogP contribution in [-0.4, -0.2) is 7.11 Å². The maximum atomic E-state index is 5.31. The lowest BCUT2D eigenvalue weighted by molar-refractivity contribution is 0.303. The molecule has 0 unspecified atom stereocenters. The molecule has 0 fully saturated rings. The normalized spacial score (nSPS) is 14.4. The SMILES string of the molecule is C=Cc1cc(C)ccc1C(=C)C1=CC(OC)=CCC1. The van der Waals surface area contributed by atoms with E-state index in [4.69, 9.17) is 4.74 Å². The van der Waals surface area contributed by atoms with E-state index < -0.39 is 0 Å². The van der Waals surface area contributed by atoms with E-state index in [-0.39, 0.29) is 0 Å². The first kappa shape index (κ1) is 13.4. The van der Waals surface area contributed by atoms with Crippen molar-refractivity contribution in [3.63, 3.8) is 0 Å². The largest absolute Gasteiger partial charge is 0.497 e. The van der Waals surface area contributed by atoms with Crippen molar-refractivity contribution in [3.8, 4) is 0 Å². The number of allylic oxidation sites excluding steroid dienone is 4. The van der Waals surface area contributed by atoms with Gasteiger partial charge in [0.15, 0.2) is 0 Å². The molecule has 0 saturated heterocycles. The van der Waals surface area contributed by atoms with Crippen LogP contribution in [0, 0.1) is 6.92 Å². The van der Waals surface area contributed by atoms with Gasteiger partial charge in [-0.3, -0.25) is 0 Å². The molecule has 0 heterocycles. The Balaban J connectivity index is 2.37. The summed E-state index contributed by atoms with van der Waals surface area (Å²) in [5.74, 6) is 0.926. The highest BCUT2D eigenvalue weighted by molar-refractivity contribution is 5.83. The van der Waals surface area contributed by atoms with Gasteiger partial charge in [0.1, 0.15) is 5.76 Å². The number of hydrogen-bond donors (Lipinski definition) is 0. The fourth-order valence-corrected chi connectivity index (χ4v) is 2.35. The Morgan fingerprint density at radius 3 is 2.84 bits per heavy atom. The van der Waals surface area contributed by atoms with Gasteiger partial charge in [-0.2, -0.15) is 0 Å². The summed E-state index contributed by atoms with van der Waals surface area (Å²) in [7, 11) is 1.70. The molecule has 0 radical (unpaired) electrons. The zero-order valence-corrected chi connectivity index (χ0v) is 11.7. The zero-order valence-electron chi connectivity index (χ0n) is 11.7. The van der Waals surface area contributed by atoms with Crippen LogP contribution in [0.25, 0.3) is 11.6 Å². The minimum Gasteiger partial charge on any atom is -0.497 e. The Bertz CT molecular complexity index is 573. The topological polar surface area (TPSA) is 9.23 Å². The molecule has 0 amide bonds. The van der Waals surface area contributed by atoms with Crippen LogP contribution in [-0.2, 0) is 4.74 Å². The summed E-state index contributed by atoms with van der Waals surface area (Å²) in [4.78, 5) is 0. The molecule has 0 spiro atoms. The lowest BCUT2D eigenvalue weighted by atomic mass is 9.89. The van der Waals surface area contributed by atoms with E-state index in [2.05, 4.69) is 50.4 Å². The van der Waals surface area contributed by atoms with Crippen molar-refractivity contribution >= 4 is 11.6 Å². The molecule has 0 N–H and O–H groups in total. The van der Waals surface area contributed by atoms with Crippen LogP contribution in [0.15, 0.2) is 54.8 Å². The Kier molecular flexibility index (Phi) is 4.06. The third-order valence-electron chi connectivity index (χ3n) is 3.45. The molecular weight excluding hydrogens is 232 g/mol. The summed E-state index contributed by atoms with van der Waals surface area (Å²) < 4.78 is 5.31. The monoisotopic (exact) mass is 252 g/mol. The lowest BCUT2D eigenvalue weighted by Crippen LogP contribution is -1.98. The molecule has 1 aliphatic carbocycles. The van der Waals surface area contributed by atoms with Crippen LogP contribution in [0.3, 0.4) is 0 Å². The third-order valence-corrected chi connectivity index (χ3v) is 3.45. The molecule has 2 rings (SSSR count). The van der Waals surface area contributed by atoms with Crippen molar-refractivity contribution in [1.82, 2.24) is 0 Å². The van der Waals surface area contributed by atoms with Crippen LogP contribution in [0.2, 0.25) is 0 Å². The van der Waals surface area contributed by atoms with Crippen molar-refractivity contribution in [1.29, 1.82) is 0 Å². The van der Waals surface area contributed by atoms with Gasteiger partial charge in [-0.25, -0.2) is 0 Å². The fourth-order valence-electron chi connectivity index (χ4n) is 2.35. The highest BCUT2D eigenvalue weighted by atomic mass is 16.5. The van der Waals surface area contributed by atoms with Crippen LogP contribution in [0.4, 0.5) is 0 Å². The van der Waals surface area contributed by atoms with Gasteiger partial charge in [0.05, 0.1) is 7.11 Å². The molecule has 1 aliphatic rings. The predicted molar refractivity (Wildman–Crippen MR) is 82.7 cm³/mol.